The number of likely N-dealkylation sites (tertiary alicyclic amines) is 1. The molecule has 7 heteroatoms. The standard InChI is InChI=1S/C17H21F2N3O2/c1-24-11-12-10-22(9-8-17(12,18)19)16(23)7-6-15-20-13-4-2-3-5-14(13)21-15/h2-5,12H,6-11H2,1H3,(H,20,21)/t12-/m1/s1. The Bertz CT molecular complexity index is 684. The number of benzene rings is 1. The summed E-state index contributed by atoms with van der Waals surface area (Å²) in [7, 11) is 1.40. The first-order chi connectivity index (χ1) is 11.5. The molecule has 1 N–H and O–H groups in total. The topological polar surface area (TPSA) is 58.2 Å². The maximum atomic E-state index is 13.8. The van der Waals surface area contributed by atoms with Crippen molar-refractivity contribution < 1.29 is 18.3 Å². The molecule has 1 atom stereocenters. The molecule has 1 aliphatic rings. The molecule has 1 aromatic heterocycles. The fourth-order valence-corrected chi connectivity index (χ4v) is 3.09. The predicted molar refractivity (Wildman–Crippen MR) is 85.9 cm³/mol. The number of halogens is 2. The van der Waals surface area contributed by atoms with E-state index in [0.29, 0.717) is 6.42 Å². The number of methoxy groups -OCH3 is 1. The van der Waals surface area contributed by atoms with Crippen LogP contribution in [0.4, 0.5) is 8.78 Å². The van der Waals surface area contributed by atoms with E-state index in [4.69, 9.17) is 4.74 Å². The van der Waals surface area contributed by atoms with Gasteiger partial charge in [0.1, 0.15) is 5.82 Å². The zero-order valence-corrected chi connectivity index (χ0v) is 13.6. The normalized spacial score (nSPS) is 20.5. The van der Waals surface area contributed by atoms with Gasteiger partial charge in [-0.25, -0.2) is 13.8 Å². The van der Waals surface area contributed by atoms with E-state index in [1.807, 2.05) is 24.3 Å². The van der Waals surface area contributed by atoms with Crippen LogP contribution in [-0.4, -0.2) is 53.5 Å². The van der Waals surface area contributed by atoms with Crippen LogP contribution in [0.5, 0.6) is 0 Å². The van der Waals surface area contributed by atoms with Gasteiger partial charge < -0.3 is 14.6 Å². The molecule has 3 rings (SSSR count). The molecule has 1 saturated heterocycles. The third-order valence-corrected chi connectivity index (χ3v) is 4.49. The van der Waals surface area contributed by atoms with Crippen molar-refractivity contribution in [3.05, 3.63) is 30.1 Å². The Labute approximate surface area is 139 Å². The lowest BCUT2D eigenvalue weighted by atomic mass is 9.94. The summed E-state index contributed by atoms with van der Waals surface area (Å²) >= 11 is 0. The van der Waals surface area contributed by atoms with Gasteiger partial charge in [-0.1, -0.05) is 12.1 Å². The Morgan fingerprint density at radius 1 is 1.46 bits per heavy atom. The second-order valence-corrected chi connectivity index (χ2v) is 6.20. The van der Waals surface area contributed by atoms with Crippen LogP contribution in [0.15, 0.2) is 24.3 Å². The highest BCUT2D eigenvalue weighted by Crippen LogP contribution is 2.33. The molecule has 0 spiro atoms. The van der Waals surface area contributed by atoms with Crippen LogP contribution in [0.1, 0.15) is 18.7 Å². The van der Waals surface area contributed by atoms with Crippen molar-refractivity contribution in [3.63, 3.8) is 0 Å². The van der Waals surface area contributed by atoms with E-state index in [2.05, 4.69) is 9.97 Å². The van der Waals surface area contributed by atoms with Gasteiger partial charge in [0, 0.05) is 39.5 Å². The first-order valence-corrected chi connectivity index (χ1v) is 8.08. The van der Waals surface area contributed by atoms with Crippen LogP contribution in [0, 0.1) is 5.92 Å². The van der Waals surface area contributed by atoms with Gasteiger partial charge in [-0.15, -0.1) is 0 Å². The summed E-state index contributed by atoms with van der Waals surface area (Å²) in [5.74, 6) is -3.09. The molecule has 0 saturated carbocycles. The highest BCUT2D eigenvalue weighted by molar-refractivity contribution is 5.77. The van der Waals surface area contributed by atoms with Gasteiger partial charge in [-0.05, 0) is 12.1 Å². The SMILES string of the molecule is COC[C@H]1CN(C(=O)CCc2nc3ccccc3[nH]2)CCC1(F)F. The van der Waals surface area contributed by atoms with Crippen molar-refractivity contribution in [1.82, 2.24) is 14.9 Å². The smallest absolute Gasteiger partial charge is 0.256 e. The van der Waals surface area contributed by atoms with Crippen molar-refractivity contribution in [2.45, 2.75) is 25.2 Å². The average Bonchev–Trinajstić information content (AvgIpc) is 2.97. The number of carbonyl (C=O) groups excluding carboxylic acids is 1. The summed E-state index contributed by atoms with van der Waals surface area (Å²) in [4.78, 5) is 21.5. The van der Waals surface area contributed by atoms with Crippen LogP contribution in [0.2, 0.25) is 0 Å². The minimum absolute atomic E-state index is 0.0413. The van der Waals surface area contributed by atoms with E-state index >= 15 is 0 Å². The van der Waals surface area contributed by atoms with Crippen molar-refractivity contribution in [3.8, 4) is 0 Å². The number of alkyl halides is 2. The molecule has 0 bridgehead atoms. The Balaban J connectivity index is 1.58. The third kappa shape index (κ3) is 3.56. The monoisotopic (exact) mass is 337 g/mol. The van der Waals surface area contributed by atoms with E-state index in [1.165, 1.54) is 12.0 Å². The molecule has 130 valence electrons. The van der Waals surface area contributed by atoms with Crippen LogP contribution in [-0.2, 0) is 16.0 Å². The molecule has 1 aliphatic heterocycles. The lowest BCUT2D eigenvalue weighted by Crippen LogP contribution is -2.50. The van der Waals surface area contributed by atoms with E-state index < -0.39 is 11.8 Å². The molecule has 1 amide bonds. The summed E-state index contributed by atoms with van der Waals surface area (Å²) in [5.41, 5.74) is 1.79. The highest BCUT2D eigenvalue weighted by atomic mass is 19.3. The summed E-state index contributed by atoms with van der Waals surface area (Å²) in [5, 5.41) is 0. The Morgan fingerprint density at radius 2 is 2.25 bits per heavy atom. The summed E-state index contributed by atoms with van der Waals surface area (Å²) in [6.45, 7) is 0.0896. The average molecular weight is 337 g/mol. The van der Waals surface area contributed by atoms with E-state index in [0.717, 1.165) is 16.9 Å². The van der Waals surface area contributed by atoms with Gasteiger partial charge in [0.25, 0.3) is 5.92 Å². The second kappa shape index (κ2) is 6.84. The number of fused-ring (bicyclic) bond motifs is 1. The number of H-pyrrole nitrogens is 1. The number of aromatic amines is 1. The minimum Gasteiger partial charge on any atom is -0.384 e. The molecule has 1 fully saturated rings. The molecule has 24 heavy (non-hydrogen) atoms. The number of rotatable bonds is 5. The number of aryl methyl sites for hydroxylation is 1. The number of piperidine rings is 1. The molecule has 2 heterocycles. The number of aromatic nitrogens is 2. The molecule has 0 unspecified atom stereocenters. The largest absolute Gasteiger partial charge is 0.384 e. The van der Waals surface area contributed by atoms with Gasteiger partial charge in [0.2, 0.25) is 5.91 Å². The summed E-state index contributed by atoms with van der Waals surface area (Å²) < 4.78 is 32.5. The van der Waals surface area contributed by atoms with Crippen molar-refractivity contribution in [2.24, 2.45) is 5.92 Å². The number of hydrogen-bond donors (Lipinski definition) is 1. The van der Waals surface area contributed by atoms with Gasteiger partial charge in [0.05, 0.1) is 23.6 Å². The zero-order valence-electron chi connectivity index (χ0n) is 13.6. The van der Waals surface area contributed by atoms with Crippen LogP contribution in [0.25, 0.3) is 11.0 Å². The lowest BCUT2D eigenvalue weighted by Gasteiger charge is -2.38. The maximum absolute atomic E-state index is 13.8. The van der Waals surface area contributed by atoms with Crippen molar-refractivity contribution >= 4 is 16.9 Å². The molecular formula is C17H21F2N3O2. The van der Waals surface area contributed by atoms with Crippen molar-refractivity contribution in [2.75, 3.05) is 26.8 Å². The first kappa shape index (κ1) is 16.8. The highest BCUT2D eigenvalue weighted by Gasteiger charge is 2.44. The summed E-state index contributed by atoms with van der Waals surface area (Å²) in [6, 6.07) is 7.65. The van der Waals surface area contributed by atoms with Crippen LogP contribution in [0.3, 0.4) is 0 Å². The maximum Gasteiger partial charge on any atom is 0.256 e. The number of hydrogen-bond acceptors (Lipinski definition) is 3. The zero-order chi connectivity index (χ0) is 17.2. The lowest BCUT2D eigenvalue weighted by molar-refractivity contribution is -0.150. The van der Waals surface area contributed by atoms with E-state index in [-0.39, 0.29) is 38.4 Å². The molecule has 1 aromatic carbocycles. The molecule has 2 aromatic rings. The number of imidazole rings is 1. The number of nitrogens with one attached hydrogen (secondary N) is 1. The number of amides is 1. The summed E-state index contributed by atoms with van der Waals surface area (Å²) in [6.07, 6.45) is 0.415. The minimum atomic E-state index is -2.77. The number of nitrogens with zero attached hydrogens (tertiary/aromatic N) is 2. The predicted octanol–water partition coefficient (Wildman–Crippen LogP) is 2.63. The Hall–Kier alpha value is -2.02. The fraction of sp³-hybridized carbons (Fsp3) is 0.529. The molecular weight excluding hydrogens is 316 g/mol. The number of para-hydroxylation sites is 2. The van der Waals surface area contributed by atoms with Gasteiger partial charge in [0.15, 0.2) is 0 Å². The van der Waals surface area contributed by atoms with E-state index in [1.54, 1.807) is 0 Å². The van der Waals surface area contributed by atoms with Gasteiger partial charge in [-0.3, -0.25) is 4.79 Å². The van der Waals surface area contributed by atoms with E-state index in [9.17, 15) is 13.6 Å². The number of carbonyl (C=O) groups is 1. The van der Waals surface area contributed by atoms with Gasteiger partial charge in [-0.2, -0.15) is 0 Å². The fourth-order valence-electron chi connectivity index (χ4n) is 3.09. The number of ether oxygens (including phenoxy) is 1. The third-order valence-electron chi connectivity index (χ3n) is 4.49. The van der Waals surface area contributed by atoms with Crippen LogP contribution < -0.4 is 0 Å². The first-order valence-electron chi connectivity index (χ1n) is 8.08. The Kier molecular flexibility index (Phi) is 4.80. The van der Waals surface area contributed by atoms with Crippen molar-refractivity contribution in [1.29, 1.82) is 0 Å². The molecule has 0 radical (unpaired) electrons. The quantitative estimate of drug-likeness (QED) is 0.912. The van der Waals surface area contributed by atoms with Gasteiger partial charge >= 0.3 is 0 Å². The van der Waals surface area contributed by atoms with Crippen LogP contribution >= 0.6 is 0 Å². The molecule has 0 aliphatic carbocycles. The molecule has 5 nitrogen and oxygen atoms in total. The Morgan fingerprint density at radius 3 is 3.00 bits per heavy atom. The second-order valence-electron chi connectivity index (χ2n) is 6.20.